The molecular weight excluding hydrogens is 212 g/mol. The first-order valence-electron chi connectivity index (χ1n) is 6.25. The van der Waals surface area contributed by atoms with Crippen molar-refractivity contribution in [2.75, 3.05) is 32.1 Å². The maximum Gasteiger partial charge on any atom is 0.0863 e. The van der Waals surface area contributed by atoms with Gasteiger partial charge in [-0.25, -0.2) is 0 Å². The first-order chi connectivity index (χ1) is 8.12. The van der Waals surface area contributed by atoms with Crippen LogP contribution in [0.3, 0.4) is 0 Å². The van der Waals surface area contributed by atoms with Crippen LogP contribution in [-0.2, 0) is 11.3 Å². The van der Waals surface area contributed by atoms with Gasteiger partial charge in [-0.3, -0.25) is 0 Å². The zero-order valence-electron chi connectivity index (χ0n) is 10.8. The summed E-state index contributed by atoms with van der Waals surface area (Å²) in [6.45, 7) is 4.95. The molecule has 2 aliphatic rings. The van der Waals surface area contributed by atoms with Crippen LogP contribution >= 0.6 is 0 Å². The van der Waals surface area contributed by atoms with Gasteiger partial charge in [0.15, 0.2) is 0 Å². The number of nitrogens with zero attached hydrogens (tertiary/aromatic N) is 1. The number of ether oxygens (including phenoxy) is 1. The number of hydrogen-bond donors (Lipinski definition) is 1. The molecule has 92 valence electrons. The lowest BCUT2D eigenvalue weighted by Crippen LogP contribution is -2.40. The molecule has 0 bridgehead atoms. The molecule has 0 saturated carbocycles. The summed E-state index contributed by atoms with van der Waals surface area (Å²) in [6.07, 6.45) is 0. The summed E-state index contributed by atoms with van der Waals surface area (Å²) < 4.78 is 6.12. The molecular formula is C14H20N2O. The third-order valence-electron chi connectivity index (χ3n) is 4.15. The van der Waals surface area contributed by atoms with E-state index in [0.29, 0.717) is 5.92 Å². The quantitative estimate of drug-likeness (QED) is 0.798. The molecule has 1 N–H and O–H groups in total. The Balaban J connectivity index is 2.10. The Morgan fingerprint density at radius 2 is 2.24 bits per heavy atom. The summed E-state index contributed by atoms with van der Waals surface area (Å²) in [6, 6.07) is 6.60. The Kier molecular flexibility index (Phi) is 2.42. The van der Waals surface area contributed by atoms with Crippen molar-refractivity contribution in [1.82, 2.24) is 5.32 Å². The van der Waals surface area contributed by atoms with Gasteiger partial charge in [-0.05, 0) is 18.6 Å². The molecule has 2 aliphatic heterocycles. The molecule has 1 aromatic carbocycles. The molecule has 0 aromatic heterocycles. The number of anilines is 1. The molecule has 2 atom stereocenters. The van der Waals surface area contributed by atoms with Crippen molar-refractivity contribution < 1.29 is 4.74 Å². The van der Waals surface area contributed by atoms with Crippen LogP contribution in [0.4, 0.5) is 5.69 Å². The number of hydrogen-bond acceptors (Lipinski definition) is 3. The third kappa shape index (κ3) is 1.57. The molecule has 3 nitrogen and oxygen atoms in total. The van der Waals surface area contributed by atoms with E-state index in [-0.39, 0.29) is 5.60 Å². The van der Waals surface area contributed by atoms with Crippen LogP contribution in [0.25, 0.3) is 0 Å². The predicted octanol–water partition coefficient (Wildman–Crippen LogP) is 1.73. The van der Waals surface area contributed by atoms with E-state index in [9.17, 15) is 0 Å². The van der Waals surface area contributed by atoms with E-state index in [2.05, 4.69) is 49.4 Å². The molecule has 2 heterocycles. The second-order valence-electron chi connectivity index (χ2n) is 5.52. The molecule has 3 heteroatoms. The van der Waals surface area contributed by atoms with Gasteiger partial charge in [0.1, 0.15) is 0 Å². The van der Waals surface area contributed by atoms with Crippen LogP contribution in [0, 0.1) is 0 Å². The summed E-state index contributed by atoms with van der Waals surface area (Å²) in [5.74, 6) is 0.492. The number of nitrogens with one attached hydrogen (secondary N) is 1. The van der Waals surface area contributed by atoms with Crippen LogP contribution in [-0.4, -0.2) is 32.8 Å². The monoisotopic (exact) mass is 232 g/mol. The molecule has 0 spiro atoms. The van der Waals surface area contributed by atoms with Crippen LogP contribution < -0.4 is 10.2 Å². The van der Waals surface area contributed by atoms with Gasteiger partial charge >= 0.3 is 0 Å². The standard InChI is InChI=1S/C14H20N2O/c1-14-9-15-7-12(14)10-5-4-6-13(16(2)3)11(10)8-17-14/h4-6,12,15H,7-9H2,1-3H3/t12-,14-/m0/s1. The normalized spacial score (nSPS) is 30.9. The Bertz CT molecular complexity index is 444. The molecule has 1 aromatic rings. The Morgan fingerprint density at radius 3 is 3.00 bits per heavy atom. The van der Waals surface area contributed by atoms with Crippen LogP contribution in [0.2, 0.25) is 0 Å². The molecule has 1 fully saturated rings. The molecule has 0 radical (unpaired) electrons. The molecule has 0 aliphatic carbocycles. The minimum Gasteiger partial charge on any atom is -0.377 e. The fourth-order valence-electron chi connectivity index (χ4n) is 3.13. The van der Waals surface area contributed by atoms with Gasteiger partial charge in [0.25, 0.3) is 0 Å². The van der Waals surface area contributed by atoms with Crippen molar-refractivity contribution in [3.05, 3.63) is 29.3 Å². The first-order valence-corrected chi connectivity index (χ1v) is 6.25. The fourth-order valence-corrected chi connectivity index (χ4v) is 3.13. The fraction of sp³-hybridized carbons (Fsp3) is 0.571. The highest BCUT2D eigenvalue weighted by molar-refractivity contribution is 5.58. The van der Waals surface area contributed by atoms with Crippen LogP contribution in [0.1, 0.15) is 24.0 Å². The minimum absolute atomic E-state index is 0.0159. The zero-order chi connectivity index (χ0) is 12.0. The van der Waals surface area contributed by atoms with E-state index in [1.54, 1.807) is 0 Å². The molecule has 0 unspecified atom stereocenters. The topological polar surface area (TPSA) is 24.5 Å². The highest BCUT2D eigenvalue weighted by atomic mass is 16.5. The first kappa shape index (κ1) is 11.1. The zero-order valence-corrected chi connectivity index (χ0v) is 10.8. The lowest BCUT2D eigenvalue weighted by atomic mass is 9.81. The smallest absolute Gasteiger partial charge is 0.0863 e. The summed E-state index contributed by atoms with van der Waals surface area (Å²) in [7, 11) is 4.19. The van der Waals surface area contributed by atoms with Gasteiger partial charge in [0, 0.05) is 44.4 Å². The van der Waals surface area contributed by atoms with E-state index >= 15 is 0 Å². The van der Waals surface area contributed by atoms with Gasteiger partial charge in [-0.15, -0.1) is 0 Å². The highest BCUT2D eigenvalue weighted by Gasteiger charge is 2.44. The number of fused-ring (bicyclic) bond motifs is 3. The van der Waals surface area contributed by atoms with Gasteiger partial charge in [0.2, 0.25) is 0 Å². The average molecular weight is 232 g/mol. The number of rotatable bonds is 1. The maximum atomic E-state index is 6.12. The van der Waals surface area contributed by atoms with E-state index in [4.69, 9.17) is 4.74 Å². The average Bonchev–Trinajstić information content (AvgIpc) is 2.70. The van der Waals surface area contributed by atoms with Crippen LogP contribution in [0.15, 0.2) is 18.2 Å². The van der Waals surface area contributed by atoms with Crippen molar-refractivity contribution in [1.29, 1.82) is 0 Å². The summed E-state index contributed by atoms with van der Waals surface area (Å²) in [5, 5.41) is 3.46. The minimum atomic E-state index is -0.0159. The van der Waals surface area contributed by atoms with Gasteiger partial charge in [-0.1, -0.05) is 12.1 Å². The summed E-state index contributed by atoms with van der Waals surface area (Å²) >= 11 is 0. The van der Waals surface area contributed by atoms with Crippen LogP contribution in [0.5, 0.6) is 0 Å². The second kappa shape index (κ2) is 3.72. The highest BCUT2D eigenvalue weighted by Crippen LogP contribution is 2.43. The predicted molar refractivity (Wildman–Crippen MR) is 69.6 cm³/mol. The van der Waals surface area contributed by atoms with Crippen molar-refractivity contribution in [3.63, 3.8) is 0 Å². The van der Waals surface area contributed by atoms with Gasteiger partial charge < -0.3 is 15.0 Å². The SMILES string of the molecule is CN(C)c1cccc2c1CO[C@@]1(C)CNC[C@@H]21. The largest absolute Gasteiger partial charge is 0.377 e. The summed E-state index contributed by atoms with van der Waals surface area (Å²) in [4.78, 5) is 2.17. The van der Waals surface area contributed by atoms with E-state index in [1.165, 1.54) is 16.8 Å². The lowest BCUT2D eigenvalue weighted by Gasteiger charge is -2.38. The third-order valence-corrected chi connectivity index (χ3v) is 4.15. The van der Waals surface area contributed by atoms with E-state index in [0.717, 1.165) is 19.7 Å². The van der Waals surface area contributed by atoms with Gasteiger partial charge in [0.05, 0.1) is 12.2 Å². The van der Waals surface area contributed by atoms with Crippen molar-refractivity contribution in [2.24, 2.45) is 0 Å². The second-order valence-corrected chi connectivity index (χ2v) is 5.52. The van der Waals surface area contributed by atoms with E-state index in [1.807, 2.05) is 0 Å². The van der Waals surface area contributed by atoms with E-state index < -0.39 is 0 Å². The van der Waals surface area contributed by atoms with Crippen molar-refractivity contribution in [3.8, 4) is 0 Å². The molecule has 0 amide bonds. The van der Waals surface area contributed by atoms with Crippen molar-refractivity contribution in [2.45, 2.75) is 25.0 Å². The summed E-state index contributed by atoms with van der Waals surface area (Å²) in [5.41, 5.74) is 4.10. The number of benzene rings is 1. The van der Waals surface area contributed by atoms with Gasteiger partial charge in [-0.2, -0.15) is 0 Å². The maximum absolute atomic E-state index is 6.12. The Hall–Kier alpha value is -1.06. The molecule has 3 rings (SSSR count). The van der Waals surface area contributed by atoms with Crippen molar-refractivity contribution >= 4 is 5.69 Å². The lowest BCUT2D eigenvalue weighted by molar-refractivity contribution is -0.0515. The Labute approximate surface area is 103 Å². The molecule has 1 saturated heterocycles. The molecule has 17 heavy (non-hydrogen) atoms. The Morgan fingerprint density at radius 1 is 1.41 bits per heavy atom.